The number of nitrogens with one attached hydrogen (secondary N) is 1. The van der Waals surface area contributed by atoms with Crippen LogP contribution in [0.4, 0.5) is 0 Å². The van der Waals surface area contributed by atoms with Gasteiger partial charge in [0.2, 0.25) is 0 Å². The van der Waals surface area contributed by atoms with Crippen LogP contribution < -0.4 is 5.32 Å². The van der Waals surface area contributed by atoms with Gasteiger partial charge in [-0.2, -0.15) is 0 Å². The zero-order chi connectivity index (χ0) is 14.0. The van der Waals surface area contributed by atoms with Crippen LogP contribution in [0.25, 0.3) is 0 Å². The Morgan fingerprint density at radius 2 is 1.89 bits per heavy atom. The van der Waals surface area contributed by atoms with E-state index in [9.17, 15) is 0 Å². The molecule has 0 saturated heterocycles. The molecule has 0 bridgehead atoms. The van der Waals surface area contributed by atoms with Gasteiger partial charge in [-0.15, -0.1) is 0 Å². The third-order valence-corrected chi connectivity index (χ3v) is 3.46. The zero-order valence-electron chi connectivity index (χ0n) is 12.9. The Morgan fingerprint density at radius 3 is 2.39 bits per heavy atom. The summed E-state index contributed by atoms with van der Waals surface area (Å²) in [4.78, 5) is 0. The summed E-state index contributed by atoms with van der Waals surface area (Å²) >= 11 is 0. The van der Waals surface area contributed by atoms with E-state index < -0.39 is 0 Å². The number of rotatable bonds is 9. The summed E-state index contributed by atoms with van der Waals surface area (Å²) in [5.41, 5.74) is 2.51. The predicted molar refractivity (Wildman–Crippen MR) is 83.9 cm³/mol. The highest BCUT2D eigenvalue weighted by Gasteiger charge is 2.16. The fourth-order valence-electron chi connectivity index (χ4n) is 1.91. The molecular weight excluding hydrogens is 218 g/mol. The van der Waals surface area contributed by atoms with E-state index in [1.807, 2.05) is 0 Å². The van der Waals surface area contributed by atoms with Crippen LogP contribution in [-0.4, -0.2) is 12.6 Å². The van der Waals surface area contributed by atoms with Crippen LogP contribution >= 0.6 is 0 Å². The van der Waals surface area contributed by atoms with Crippen LogP contribution in [-0.2, 0) is 0 Å². The topological polar surface area (TPSA) is 12.0 Å². The Balaban J connectivity index is 4.49. The van der Waals surface area contributed by atoms with E-state index in [1.54, 1.807) is 0 Å². The quantitative estimate of drug-likeness (QED) is 0.575. The van der Waals surface area contributed by atoms with E-state index in [4.69, 9.17) is 0 Å². The molecule has 1 nitrogen and oxygen atoms in total. The molecule has 0 aliphatic carbocycles. The lowest BCUT2D eigenvalue weighted by molar-refractivity contribution is 0.394. The maximum absolute atomic E-state index is 4.22. The van der Waals surface area contributed by atoms with Crippen molar-refractivity contribution in [3.63, 3.8) is 0 Å². The largest absolute Gasteiger partial charge is 0.313 e. The summed E-state index contributed by atoms with van der Waals surface area (Å²) in [5.74, 6) is 0.498. The molecule has 0 amide bonds. The third-order valence-electron chi connectivity index (χ3n) is 3.46. The summed E-state index contributed by atoms with van der Waals surface area (Å²) < 4.78 is 0. The average molecular weight is 249 g/mol. The van der Waals surface area contributed by atoms with Crippen molar-refractivity contribution in [2.75, 3.05) is 6.54 Å². The van der Waals surface area contributed by atoms with E-state index in [2.05, 4.69) is 64.7 Å². The Bertz CT molecular complexity index is 286. The van der Waals surface area contributed by atoms with Crippen LogP contribution in [0.5, 0.6) is 0 Å². The monoisotopic (exact) mass is 249 g/mol. The van der Waals surface area contributed by atoms with Crippen molar-refractivity contribution in [3.8, 4) is 0 Å². The Kier molecular flexibility index (Phi) is 9.67. The van der Waals surface area contributed by atoms with Gasteiger partial charge in [-0.1, -0.05) is 63.1 Å². The molecule has 2 atom stereocenters. The molecule has 0 rings (SSSR count). The molecule has 0 fully saturated rings. The molecule has 0 spiro atoms. The molecule has 0 aliphatic heterocycles. The highest BCUT2D eigenvalue weighted by molar-refractivity contribution is 5.26. The second kappa shape index (κ2) is 10.1. The Hall–Kier alpha value is -0.820. The molecule has 0 radical (unpaired) electrons. The molecule has 0 aromatic rings. The van der Waals surface area contributed by atoms with E-state index >= 15 is 0 Å². The van der Waals surface area contributed by atoms with Crippen molar-refractivity contribution in [2.24, 2.45) is 5.92 Å². The summed E-state index contributed by atoms with van der Waals surface area (Å²) in [6.45, 7) is 16.2. The molecule has 0 saturated carbocycles. The lowest BCUT2D eigenvalue weighted by Gasteiger charge is -2.25. The molecule has 2 unspecified atom stereocenters. The van der Waals surface area contributed by atoms with Crippen LogP contribution in [0.2, 0.25) is 0 Å². The van der Waals surface area contributed by atoms with E-state index in [0.717, 1.165) is 6.54 Å². The molecule has 0 aliphatic rings. The minimum atomic E-state index is 0.498. The fourth-order valence-corrected chi connectivity index (χ4v) is 1.91. The standard InChI is InChI=1S/C17H31N/c1-7-10-17(18-13-8-2)16(6)15(5)12-11-14(4)9-3/h9,11-12,16-18H,5,7-8,10,13H2,1-4,6H3/b12-11-,14-9-. The molecule has 0 aromatic carbocycles. The lowest BCUT2D eigenvalue weighted by Crippen LogP contribution is -2.35. The smallest absolute Gasteiger partial charge is 0.0133 e. The minimum absolute atomic E-state index is 0.498. The second-order valence-corrected chi connectivity index (χ2v) is 5.08. The van der Waals surface area contributed by atoms with Gasteiger partial charge >= 0.3 is 0 Å². The van der Waals surface area contributed by atoms with E-state index in [1.165, 1.54) is 30.4 Å². The predicted octanol–water partition coefficient (Wildman–Crippen LogP) is 4.87. The van der Waals surface area contributed by atoms with Crippen molar-refractivity contribution in [3.05, 3.63) is 36.0 Å². The first-order chi connectivity index (χ1) is 8.56. The Morgan fingerprint density at radius 1 is 1.22 bits per heavy atom. The molecule has 0 aromatic heterocycles. The number of allylic oxidation sites excluding steroid dienone is 4. The first kappa shape index (κ1) is 17.2. The van der Waals surface area contributed by atoms with Gasteiger partial charge in [0.15, 0.2) is 0 Å². The van der Waals surface area contributed by atoms with Crippen LogP contribution in [0.15, 0.2) is 36.0 Å². The molecule has 1 N–H and O–H groups in total. The van der Waals surface area contributed by atoms with E-state index in [0.29, 0.717) is 12.0 Å². The molecular formula is C17H31N. The van der Waals surface area contributed by atoms with Gasteiger partial charge in [0.1, 0.15) is 0 Å². The average Bonchev–Trinajstić information content (AvgIpc) is 2.39. The summed E-state index contributed by atoms with van der Waals surface area (Å²) in [6.07, 6.45) is 10.1. The van der Waals surface area contributed by atoms with Crippen molar-refractivity contribution in [1.29, 1.82) is 0 Å². The van der Waals surface area contributed by atoms with Gasteiger partial charge in [-0.05, 0) is 39.2 Å². The van der Waals surface area contributed by atoms with Crippen molar-refractivity contribution < 1.29 is 0 Å². The van der Waals surface area contributed by atoms with Gasteiger partial charge in [-0.25, -0.2) is 0 Å². The zero-order valence-corrected chi connectivity index (χ0v) is 12.9. The summed E-state index contributed by atoms with van der Waals surface area (Å²) in [6, 6.07) is 0.554. The normalized spacial score (nSPS) is 15.9. The molecule has 104 valence electrons. The summed E-state index contributed by atoms with van der Waals surface area (Å²) in [5, 5.41) is 3.64. The minimum Gasteiger partial charge on any atom is -0.313 e. The SMILES string of the molecule is C=C(/C=C\C(C)=C/C)C(C)C(CCC)NCCC. The number of hydrogen-bond donors (Lipinski definition) is 1. The molecule has 1 heteroatoms. The van der Waals surface area contributed by atoms with Crippen LogP contribution in [0.1, 0.15) is 53.9 Å². The van der Waals surface area contributed by atoms with Crippen LogP contribution in [0.3, 0.4) is 0 Å². The van der Waals surface area contributed by atoms with Gasteiger partial charge < -0.3 is 5.32 Å². The molecule has 0 heterocycles. The maximum atomic E-state index is 4.22. The third kappa shape index (κ3) is 6.80. The lowest BCUT2D eigenvalue weighted by atomic mass is 9.90. The summed E-state index contributed by atoms with van der Waals surface area (Å²) in [7, 11) is 0. The molecule has 18 heavy (non-hydrogen) atoms. The highest BCUT2D eigenvalue weighted by atomic mass is 14.9. The van der Waals surface area contributed by atoms with Gasteiger partial charge in [0.05, 0.1) is 0 Å². The second-order valence-electron chi connectivity index (χ2n) is 5.08. The van der Waals surface area contributed by atoms with Gasteiger partial charge in [0.25, 0.3) is 0 Å². The maximum Gasteiger partial charge on any atom is 0.0133 e. The van der Waals surface area contributed by atoms with Crippen molar-refractivity contribution in [2.45, 2.75) is 59.9 Å². The van der Waals surface area contributed by atoms with Crippen molar-refractivity contribution >= 4 is 0 Å². The van der Waals surface area contributed by atoms with E-state index in [-0.39, 0.29) is 0 Å². The number of hydrogen-bond acceptors (Lipinski definition) is 1. The Labute approximate surface area is 114 Å². The first-order valence-electron chi connectivity index (χ1n) is 7.29. The van der Waals surface area contributed by atoms with Crippen LogP contribution in [0, 0.1) is 5.92 Å². The highest BCUT2D eigenvalue weighted by Crippen LogP contribution is 2.19. The fraction of sp³-hybridized carbons (Fsp3) is 0.647. The van der Waals surface area contributed by atoms with Crippen molar-refractivity contribution in [1.82, 2.24) is 5.32 Å². The first-order valence-corrected chi connectivity index (χ1v) is 7.29. The van der Waals surface area contributed by atoms with Gasteiger partial charge in [-0.3, -0.25) is 0 Å². The van der Waals surface area contributed by atoms with Gasteiger partial charge in [0, 0.05) is 6.04 Å².